The molecule has 0 fully saturated rings. The predicted molar refractivity (Wildman–Crippen MR) is 111 cm³/mol. The van der Waals surface area contributed by atoms with Gasteiger partial charge in [-0.15, -0.1) is 0 Å². The Morgan fingerprint density at radius 1 is 1.10 bits per heavy atom. The minimum absolute atomic E-state index is 0.114. The number of amides is 1. The summed E-state index contributed by atoms with van der Waals surface area (Å²) >= 11 is 0. The summed E-state index contributed by atoms with van der Waals surface area (Å²) in [5, 5.41) is 18.3. The number of hydrogen-bond donors (Lipinski definition) is 4. The summed E-state index contributed by atoms with van der Waals surface area (Å²) < 4.78 is 19.2. The SMILES string of the molecule is CCNC(=NCC(C)Oc1ccccc1F)NCCNC(=O)c1ccc(O)cc1. The van der Waals surface area contributed by atoms with Crippen LogP contribution in [0.25, 0.3) is 0 Å². The molecule has 0 radical (unpaired) electrons. The molecule has 7 nitrogen and oxygen atoms in total. The molecule has 0 spiro atoms. The minimum atomic E-state index is -0.405. The van der Waals surface area contributed by atoms with Crippen molar-refractivity contribution in [2.45, 2.75) is 20.0 Å². The monoisotopic (exact) mass is 402 g/mol. The molecular weight excluding hydrogens is 375 g/mol. The highest BCUT2D eigenvalue weighted by atomic mass is 19.1. The number of benzene rings is 2. The topological polar surface area (TPSA) is 95.0 Å². The average Bonchev–Trinajstić information content (AvgIpc) is 2.71. The zero-order chi connectivity index (χ0) is 21.1. The van der Waals surface area contributed by atoms with Gasteiger partial charge in [0, 0.05) is 25.2 Å². The number of carbonyl (C=O) groups is 1. The Labute approximate surface area is 170 Å². The second-order valence-electron chi connectivity index (χ2n) is 6.31. The Bertz CT molecular complexity index is 812. The summed E-state index contributed by atoms with van der Waals surface area (Å²) in [5.74, 6) is 0.266. The van der Waals surface area contributed by atoms with E-state index in [1.807, 2.05) is 13.8 Å². The van der Waals surface area contributed by atoms with E-state index in [0.29, 0.717) is 37.7 Å². The van der Waals surface area contributed by atoms with Crippen molar-refractivity contribution in [1.82, 2.24) is 16.0 Å². The Balaban J connectivity index is 1.77. The molecule has 156 valence electrons. The van der Waals surface area contributed by atoms with Gasteiger partial charge in [-0.1, -0.05) is 12.1 Å². The van der Waals surface area contributed by atoms with Gasteiger partial charge in [0.15, 0.2) is 17.5 Å². The van der Waals surface area contributed by atoms with Crippen LogP contribution in [0.2, 0.25) is 0 Å². The Morgan fingerprint density at radius 2 is 1.79 bits per heavy atom. The van der Waals surface area contributed by atoms with Gasteiger partial charge >= 0.3 is 0 Å². The first-order chi connectivity index (χ1) is 14.0. The van der Waals surface area contributed by atoms with E-state index in [1.54, 1.807) is 30.3 Å². The molecule has 2 rings (SSSR count). The van der Waals surface area contributed by atoms with Crippen LogP contribution in [0.15, 0.2) is 53.5 Å². The summed E-state index contributed by atoms with van der Waals surface area (Å²) in [6.07, 6.45) is -0.309. The van der Waals surface area contributed by atoms with E-state index in [9.17, 15) is 14.3 Å². The van der Waals surface area contributed by atoms with Crippen molar-refractivity contribution in [2.75, 3.05) is 26.2 Å². The van der Waals surface area contributed by atoms with Gasteiger partial charge in [-0.05, 0) is 50.2 Å². The van der Waals surface area contributed by atoms with Gasteiger partial charge in [-0.2, -0.15) is 0 Å². The van der Waals surface area contributed by atoms with Crippen LogP contribution >= 0.6 is 0 Å². The number of para-hydroxylation sites is 1. The fourth-order valence-electron chi connectivity index (χ4n) is 2.43. The van der Waals surface area contributed by atoms with Crippen LogP contribution in [0, 0.1) is 5.82 Å². The van der Waals surface area contributed by atoms with E-state index in [-0.39, 0.29) is 23.5 Å². The normalized spacial score (nSPS) is 12.2. The number of phenols is 1. The van der Waals surface area contributed by atoms with Crippen LogP contribution in [-0.4, -0.2) is 49.3 Å². The number of nitrogens with one attached hydrogen (secondary N) is 3. The molecule has 2 aromatic rings. The summed E-state index contributed by atoms with van der Waals surface area (Å²) in [4.78, 5) is 16.5. The number of hydrogen-bond acceptors (Lipinski definition) is 4. The molecule has 0 bridgehead atoms. The summed E-state index contributed by atoms with van der Waals surface area (Å²) in [6.45, 7) is 5.64. The van der Waals surface area contributed by atoms with E-state index in [4.69, 9.17) is 4.74 Å². The van der Waals surface area contributed by atoms with Gasteiger partial charge < -0.3 is 25.8 Å². The second-order valence-corrected chi connectivity index (χ2v) is 6.31. The molecule has 0 aliphatic carbocycles. The van der Waals surface area contributed by atoms with E-state index in [2.05, 4.69) is 20.9 Å². The van der Waals surface area contributed by atoms with Crippen LogP contribution in [0.3, 0.4) is 0 Å². The van der Waals surface area contributed by atoms with Gasteiger partial charge in [0.25, 0.3) is 5.91 Å². The lowest BCUT2D eigenvalue weighted by Crippen LogP contribution is -2.42. The van der Waals surface area contributed by atoms with Crippen molar-refractivity contribution < 1.29 is 19.0 Å². The van der Waals surface area contributed by atoms with E-state index >= 15 is 0 Å². The average molecular weight is 402 g/mol. The molecule has 0 aliphatic heterocycles. The standard InChI is InChI=1S/C21H27FN4O3/c1-3-23-21(26-14-15(2)29-19-7-5-4-6-18(19)22)25-13-12-24-20(28)16-8-10-17(27)11-9-16/h4-11,15,27H,3,12-14H2,1-2H3,(H,24,28)(H2,23,25,26). The van der Waals surface area contributed by atoms with Crippen LogP contribution < -0.4 is 20.7 Å². The predicted octanol–water partition coefficient (Wildman–Crippen LogP) is 2.28. The van der Waals surface area contributed by atoms with Crippen LogP contribution in [0.5, 0.6) is 11.5 Å². The highest BCUT2D eigenvalue weighted by Crippen LogP contribution is 2.17. The lowest BCUT2D eigenvalue weighted by molar-refractivity contribution is 0.0954. The number of halogens is 1. The first kappa shape index (κ1) is 22.0. The second kappa shape index (κ2) is 11.5. The molecule has 0 aliphatic rings. The van der Waals surface area contributed by atoms with Crippen LogP contribution in [-0.2, 0) is 0 Å². The third-order valence-corrected chi connectivity index (χ3v) is 3.85. The maximum Gasteiger partial charge on any atom is 0.251 e. The smallest absolute Gasteiger partial charge is 0.251 e. The third-order valence-electron chi connectivity index (χ3n) is 3.85. The molecule has 0 aromatic heterocycles. The fraction of sp³-hybridized carbons (Fsp3) is 0.333. The van der Waals surface area contributed by atoms with Crippen molar-refractivity contribution in [3.05, 3.63) is 59.9 Å². The van der Waals surface area contributed by atoms with Crippen LogP contribution in [0.4, 0.5) is 4.39 Å². The maximum absolute atomic E-state index is 13.7. The Morgan fingerprint density at radius 3 is 2.48 bits per heavy atom. The third kappa shape index (κ3) is 7.69. The molecule has 1 atom stereocenters. The summed E-state index contributed by atoms with van der Waals surface area (Å²) in [6, 6.07) is 12.3. The van der Waals surface area contributed by atoms with Crippen molar-refractivity contribution in [3.8, 4) is 11.5 Å². The van der Waals surface area contributed by atoms with Crippen LogP contribution in [0.1, 0.15) is 24.2 Å². The first-order valence-electron chi connectivity index (χ1n) is 9.50. The van der Waals surface area contributed by atoms with E-state index in [1.165, 1.54) is 18.2 Å². The van der Waals surface area contributed by atoms with E-state index < -0.39 is 5.82 Å². The molecule has 1 unspecified atom stereocenters. The Hall–Kier alpha value is -3.29. The quantitative estimate of drug-likeness (QED) is 0.293. The fourth-order valence-corrected chi connectivity index (χ4v) is 2.43. The number of phenolic OH excluding ortho intramolecular Hbond substituents is 1. The zero-order valence-electron chi connectivity index (χ0n) is 16.6. The van der Waals surface area contributed by atoms with Gasteiger partial charge in [-0.25, -0.2) is 9.38 Å². The highest BCUT2D eigenvalue weighted by molar-refractivity contribution is 5.94. The summed E-state index contributed by atoms with van der Waals surface area (Å²) in [5.41, 5.74) is 0.475. The van der Waals surface area contributed by atoms with Gasteiger partial charge in [0.05, 0.1) is 6.54 Å². The number of guanidine groups is 1. The van der Waals surface area contributed by atoms with Crippen molar-refractivity contribution >= 4 is 11.9 Å². The number of ether oxygens (including phenoxy) is 1. The minimum Gasteiger partial charge on any atom is -0.508 e. The van der Waals surface area contributed by atoms with E-state index in [0.717, 1.165) is 0 Å². The lowest BCUT2D eigenvalue weighted by atomic mass is 10.2. The van der Waals surface area contributed by atoms with Gasteiger partial charge in [0.1, 0.15) is 11.9 Å². The van der Waals surface area contributed by atoms with Crippen molar-refractivity contribution in [3.63, 3.8) is 0 Å². The number of nitrogens with zero attached hydrogens (tertiary/aromatic N) is 1. The molecule has 0 saturated carbocycles. The first-order valence-corrected chi connectivity index (χ1v) is 9.50. The number of carbonyl (C=O) groups excluding carboxylic acids is 1. The Kier molecular flexibility index (Phi) is 8.75. The highest BCUT2D eigenvalue weighted by Gasteiger charge is 2.08. The molecule has 29 heavy (non-hydrogen) atoms. The number of rotatable bonds is 9. The molecule has 2 aromatic carbocycles. The summed E-state index contributed by atoms with van der Waals surface area (Å²) in [7, 11) is 0. The molecule has 1 amide bonds. The zero-order valence-corrected chi connectivity index (χ0v) is 16.6. The lowest BCUT2D eigenvalue weighted by Gasteiger charge is -2.15. The molecule has 4 N–H and O–H groups in total. The number of aliphatic imine (C=N–C) groups is 1. The number of aromatic hydroxyl groups is 1. The largest absolute Gasteiger partial charge is 0.508 e. The molecule has 0 heterocycles. The van der Waals surface area contributed by atoms with Gasteiger partial charge in [-0.3, -0.25) is 4.79 Å². The molecule has 0 saturated heterocycles. The van der Waals surface area contributed by atoms with Gasteiger partial charge in [0.2, 0.25) is 0 Å². The molecular formula is C21H27FN4O3. The van der Waals surface area contributed by atoms with Crippen molar-refractivity contribution in [2.24, 2.45) is 4.99 Å². The maximum atomic E-state index is 13.7. The van der Waals surface area contributed by atoms with Crippen molar-refractivity contribution in [1.29, 1.82) is 0 Å². The molecule has 8 heteroatoms.